The van der Waals surface area contributed by atoms with Crippen LogP contribution in [0, 0.1) is 0 Å². The summed E-state index contributed by atoms with van der Waals surface area (Å²) >= 11 is 6.03. The molecule has 1 aliphatic rings. The van der Waals surface area contributed by atoms with E-state index >= 15 is 0 Å². The van der Waals surface area contributed by atoms with Gasteiger partial charge in [0, 0.05) is 38.1 Å². The molecule has 0 unspecified atom stereocenters. The van der Waals surface area contributed by atoms with Gasteiger partial charge in [0.25, 0.3) is 0 Å². The van der Waals surface area contributed by atoms with Crippen LogP contribution < -0.4 is 10.6 Å². The van der Waals surface area contributed by atoms with Crippen molar-refractivity contribution in [3.63, 3.8) is 0 Å². The summed E-state index contributed by atoms with van der Waals surface area (Å²) in [7, 11) is 0. The average Bonchev–Trinajstić information content (AvgIpc) is 2.20. The molecule has 2 heterocycles. The number of rotatable bonds is 1. The van der Waals surface area contributed by atoms with E-state index in [1.807, 2.05) is 6.07 Å². The standard InChI is InChI=1S/C9H12ClN3.ClH/c10-8-5-11-2-1-7(8)9-6-12-3-4-13-9;/h1-2,5,9,12-13H,3-4,6H2;1H/t9-;/m0./s1. The minimum atomic E-state index is 0. The molecule has 0 bridgehead atoms. The lowest BCUT2D eigenvalue weighted by Gasteiger charge is -2.25. The Morgan fingerprint density at radius 2 is 2.29 bits per heavy atom. The van der Waals surface area contributed by atoms with Crippen molar-refractivity contribution in [3.05, 3.63) is 29.0 Å². The third-order valence-electron chi connectivity index (χ3n) is 2.22. The average molecular weight is 234 g/mol. The van der Waals surface area contributed by atoms with Crippen LogP contribution in [0.3, 0.4) is 0 Å². The van der Waals surface area contributed by atoms with Crippen molar-refractivity contribution in [3.8, 4) is 0 Å². The summed E-state index contributed by atoms with van der Waals surface area (Å²) in [6, 6.07) is 2.29. The molecule has 1 aromatic rings. The van der Waals surface area contributed by atoms with Crippen molar-refractivity contribution >= 4 is 24.0 Å². The van der Waals surface area contributed by atoms with Gasteiger partial charge in [0.2, 0.25) is 0 Å². The van der Waals surface area contributed by atoms with E-state index in [0.717, 1.165) is 30.2 Å². The number of aromatic nitrogens is 1. The number of nitrogens with one attached hydrogen (secondary N) is 2. The first-order valence-corrected chi connectivity index (χ1v) is 4.79. The highest BCUT2D eigenvalue weighted by molar-refractivity contribution is 6.31. The Kier molecular flexibility index (Phi) is 4.62. The molecule has 1 atom stereocenters. The van der Waals surface area contributed by atoms with Gasteiger partial charge in [-0.2, -0.15) is 0 Å². The molecule has 0 radical (unpaired) electrons. The number of pyridine rings is 1. The molecule has 0 aromatic carbocycles. The predicted molar refractivity (Wildman–Crippen MR) is 60.1 cm³/mol. The van der Waals surface area contributed by atoms with Gasteiger partial charge in [-0.05, 0) is 11.6 Å². The first kappa shape index (κ1) is 11.7. The lowest BCUT2D eigenvalue weighted by atomic mass is 10.1. The maximum absolute atomic E-state index is 6.03. The van der Waals surface area contributed by atoms with Gasteiger partial charge < -0.3 is 10.6 Å². The van der Waals surface area contributed by atoms with Crippen LogP contribution in [0.25, 0.3) is 0 Å². The second kappa shape index (κ2) is 5.51. The molecule has 2 rings (SSSR count). The van der Waals surface area contributed by atoms with Crippen LogP contribution in [0.4, 0.5) is 0 Å². The van der Waals surface area contributed by atoms with E-state index in [9.17, 15) is 0 Å². The Bertz CT molecular complexity index is 287. The van der Waals surface area contributed by atoms with Gasteiger partial charge in [-0.15, -0.1) is 12.4 Å². The Labute approximate surface area is 94.7 Å². The van der Waals surface area contributed by atoms with E-state index in [-0.39, 0.29) is 12.4 Å². The zero-order valence-electron chi connectivity index (χ0n) is 7.66. The highest BCUT2D eigenvalue weighted by Crippen LogP contribution is 2.21. The topological polar surface area (TPSA) is 37.0 Å². The van der Waals surface area contributed by atoms with Crippen molar-refractivity contribution in [1.29, 1.82) is 0 Å². The molecule has 0 saturated carbocycles. The monoisotopic (exact) mass is 233 g/mol. The molecule has 1 saturated heterocycles. The van der Waals surface area contributed by atoms with E-state index < -0.39 is 0 Å². The third kappa shape index (κ3) is 2.58. The molecule has 0 amide bonds. The van der Waals surface area contributed by atoms with Gasteiger partial charge in [-0.25, -0.2) is 0 Å². The highest BCUT2D eigenvalue weighted by atomic mass is 35.5. The number of hydrogen-bond donors (Lipinski definition) is 2. The van der Waals surface area contributed by atoms with Crippen molar-refractivity contribution in [2.24, 2.45) is 0 Å². The maximum atomic E-state index is 6.03. The molecule has 1 aromatic heterocycles. The summed E-state index contributed by atoms with van der Waals surface area (Å²) < 4.78 is 0. The summed E-state index contributed by atoms with van der Waals surface area (Å²) in [4.78, 5) is 3.96. The van der Waals surface area contributed by atoms with Crippen molar-refractivity contribution in [2.75, 3.05) is 19.6 Å². The van der Waals surface area contributed by atoms with Crippen molar-refractivity contribution in [2.45, 2.75) is 6.04 Å². The van der Waals surface area contributed by atoms with Gasteiger partial charge in [0.15, 0.2) is 0 Å². The quantitative estimate of drug-likeness (QED) is 0.771. The molecule has 2 N–H and O–H groups in total. The molecule has 78 valence electrons. The first-order chi connectivity index (χ1) is 6.38. The zero-order chi connectivity index (χ0) is 9.10. The Morgan fingerprint density at radius 1 is 1.43 bits per heavy atom. The molecule has 0 aliphatic carbocycles. The number of hydrogen-bond acceptors (Lipinski definition) is 3. The van der Waals surface area contributed by atoms with E-state index in [0.29, 0.717) is 6.04 Å². The van der Waals surface area contributed by atoms with Crippen molar-refractivity contribution < 1.29 is 0 Å². The predicted octanol–water partition coefficient (Wildman–Crippen LogP) is 1.39. The highest BCUT2D eigenvalue weighted by Gasteiger charge is 2.16. The van der Waals surface area contributed by atoms with E-state index in [1.54, 1.807) is 12.4 Å². The van der Waals surface area contributed by atoms with Crippen LogP contribution in [0.1, 0.15) is 11.6 Å². The largest absolute Gasteiger partial charge is 0.314 e. The van der Waals surface area contributed by atoms with Gasteiger partial charge in [0.05, 0.1) is 5.02 Å². The van der Waals surface area contributed by atoms with Gasteiger partial charge in [0.1, 0.15) is 0 Å². The molecular weight excluding hydrogens is 221 g/mol. The van der Waals surface area contributed by atoms with Gasteiger partial charge in [-0.3, -0.25) is 4.98 Å². The fourth-order valence-corrected chi connectivity index (χ4v) is 1.79. The second-order valence-corrected chi connectivity index (χ2v) is 3.52. The zero-order valence-corrected chi connectivity index (χ0v) is 9.24. The number of piperazine rings is 1. The first-order valence-electron chi connectivity index (χ1n) is 4.41. The fourth-order valence-electron chi connectivity index (χ4n) is 1.54. The SMILES string of the molecule is Cl.Clc1cnccc1[C@@H]1CNCCN1. The lowest BCUT2D eigenvalue weighted by Crippen LogP contribution is -2.42. The smallest absolute Gasteiger partial charge is 0.0637 e. The van der Waals surface area contributed by atoms with Gasteiger partial charge >= 0.3 is 0 Å². The molecule has 1 aliphatic heterocycles. The fraction of sp³-hybridized carbons (Fsp3) is 0.444. The summed E-state index contributed by atoms with van der Waals surface area (Å²) in [6.07, 6.45) is 3.46. The normalized spacial score (nSPS) is 21.4. The Hall–Kier alpha value is -0.350. The summed E-state index contributed by atoms with van der Waals surface area (Å²) in [5, 5.41) is 7.46. The van der Waals surface area contributed by atoms with Gasteiger partial charge in [-0.1, -0.05) is 11.6 Å². The minimum absolute atomic E-state index is 0. The molecule has 0 spiro atoms. The van der Waals surface area contributed by atoms with Crippen LogP contribution in [-0.4, -0.2) is 24.6 Å². The molecule has 1 fully saturated rings. The molecule has 14 heavy (non-hydrogen) atoms. The van der Waals surface area contributed by atoms with E-state index in [1.165, 1.54) is 0 Å². The van der Waals surface area contributed by atoms with E-state index in [2.05, 4.69) is 15.6 Å². The third-order valence-corrected chi connectivity index (χ3v) is 2.54. The Morgan fingerprint density at radius 3 is 2.93 bits per heavy atom. The Balaban J connectivity index is 0.000000980. The molecule has 5 heteroatoms. The van der Waals surface area contributed by atoms with Crippen LogP contribution >= 0.6 is 24.0 Å². The second-order valence-electron chi connectivity index (χ2n) is 3.11. The summed E-state index contributed by atoms with van der Waals surface area (Å²) in [5.74, 6) is 0. The number of halogens is 2. The summed E-state index contributed by atoms with van der Waals surface area (Å²) in [5.41, 5.74) is 1.13. The van der Waals surface area contributed by atoms with Crippen LogP contribution in [0.15, 0.2) is 18.5 Å². The van der Waals surface area contributed by atoms with Crippen LogP contribution in [0.2, 0.25) is 5.02 Å². The molecular formula is C9H13Cl2N3. The van der Waals surface area contributed by atoms with Crippen molar-refractivity contribution in [1.82, 2.24) is 15.6 Å². The summed E-state index contributed by atoms with van der Waals surface area (Å²) in [6.45, 7) is 2.95. The van der Waals surface area contributed by atoms with E-state index in [4.69, 9.17) is 11.6 Å². The van der Waals surface area contributed by atoms with Crippen LogP contribution in [-0.2, 0) is 0 Å². The minimum Gasteiger partial charge on any atom is -0.314 e. The lowest BCUT2D eigenvalue weighted by molar-refractivity contribution is 0.430. The number of nitrogens with zero attached hydrogens (tertiary/aromatic N) is 1. The molecule has 3 nitrogen and oxygen atoms in total. The maximum Gasteiger partial charge on any atom is 0.0637 e. The van der Waals surface area contributed by atoms with Crippen LogP contribution in [0.5, 0.6) is 0 Å².